The number of benzene rings is 3. The predicted octanol–water partition coefficient (Wildman–Crippen LogP) is 6.42. The average Bonchev–Trinajstić information content (AvgIpc) is 3.22. The van der Waals surface area contributed by atoms with Gasteiger partial charge in [-0.2, -0.15) is 5.10 Å². The van der Waals surface area contributed by atoms with Crippen LogP contribution in [0, 0.1) is 0 Å². The number of alkyl halides is 1. The predicted molar refractivity (Wildman–Crippen MR) is 152 cm³/mol. The largest absolute Gasteiger partial charge is 0.478 e. The van der Waals surface area contributed by atoms with Gasteiger partial charge in [0.25, 0.3) is 0 Å². The smallest absolute Gasteiger partial charge is 0.346 e. The van der Waals surface area contributed by atoms with Crippen LogP contribution < -0.4 is 5.69 Å². The Kier molecular flexibility index (Phi) is 8.48. The Morgan fingerprint density at radius 3 is 2.15 bits per heavy atom. The highest BCUT2D eigenvalue weighted by atomic mass is 19.1. The van der Waals surface area contributed by atoms with E-state index in [4.69, 9.17) is 0 Å². The molecular formula is C32H36FN3O3. The average molecular weight is 530 g/mol. The molecule has 3 aromatic carbocycles. The lowest BCUT2D eigenvalue weighted by Crippen LogP contribution is -2.25. The molecule has 1 N–H and O–H groups in total. The van der Waals surface area contributed by atoms with Gasteiger partial charge < -0.3 is 5.11 Å². The van der Waals surface area contributed by atoms with E-state index in [0.717, 1.165) is 35.4 Å². The normalized spacial score (nSPS) is 11.6. The summed E-state index contributed by atoms with van der Waals surface area (Å²) in [6.07, 6.45) is 2.32. The van der Waals surface area contributed by atoms with Gasteiger partial charge in [-0.1, -0.05) is 69.3 Å². The second-order valence-corrected chi connectivity index (χ2v) is 11.0. The number of hydrogen-bond acceptors (Lipinski definition) is 3. The van der Waals surface area contributed by atoms with E-state index in [1.54, 1.807) is 21.4 Å². The lowest BCUT2D eigenvalue weighted by atomic mass is 9.87. The van der Waals surface area contributed by atoms with E-state index < -0.39 is 12.6 Å². The van der Waals surface area contributed by atoms with Crippen molar-refractivity contribution in [1.29, 1.82) is 0 Å². The van der Waals surface area contributed by atoms with Gasteiger partial charge in [0.2, 0.25) is 0 Å². The molecule has 0 amide bonds. The van der Waals surface area contributed by atoms with Gasteiger partial charge in [0, 0.05) is 13.0 Å². The minimum atomic E-state index is -1.07. The summed E-state index contributed by atoms with van der Waals surface area (Å²) in [5.41, 5.74) is 5.36. The summed E-state index contributed by atoms with van der Waals surface area (Å²) < 4.78 is 16.5. The second-order valence-electron chi connectivity index (χ2n) is 11.0. The van der Waals surface area contributed by atoms with E-state index in [-0.39, 0.29) is 16.7 Å². The van der Waals surface area contributed by atoms with Crippen molar-refractivity contribution < 1.29 is 14.3 Å². The summed E-state index contributed by atoms with van der Waals surface area (Å²) in [6.45, 7) is 8.80. The first-order valence-corrected chi connectivity index (χ1v) is 13.4. The van der Waals surface area contributed by atoms with E-state index in [0.29, 0.717) is 30.6 Å². The highest BCUT2D eigenvalue weighted by Crippen LogP contribution is 2.25. The summed E-state index contributed by atoms with van der Waals surface area (Å²) in [6, 6.07) is 20.8. The fourth-order valence-corrected chi connectivity index (χ4v) is 4.75. The van der Waals surface area contributed by atoms with Crippen LogP contribution in [0.25, 0.3) is 11.1 Å². The van der Waals surface area contributed by atoms with Gasteiger partial charge in [-0.05, 0) is 76.8 Å². The van der Waals surface area contributed by atoms with Crippen LogP contribution in [0.1, 0.15) is 72.6 Å². The van der Waals surface area contributed by atoms with Crippen molar-refractivity contribution in [2.75, 3.05) is 0 Å². The molecule has 4 aromatic rings. The Balaban J connectivity index is 1.41. The SMILES string of the molecule is CCn1c(CCCc2ccc(-c3cc(CF)cc(C(=O)O)c3)cc2)nn(Cc2ccc(C(C)(C)C)cc2)c1=O. The third-order valence-electron chi connectivity index (χ3n) is 7.02. The zero-order valence-corrected chi connectivity index (χ0v) is 23.1. The number of nitrogens with zero attached hydrogens (tertiary/aromatic N) is 3. The Hall–Kier alpha value is -4.00. The fraction of sp³-hybridized carbons (Fsp3) is 0.344. The Bertz CT molecular complexity index is 1490. The third-order valence-corrected chi connectivity index (χ3v) is 7.02. The van der Waals surface area contributed by atoms with Crippen molar-refractivity contribution >= 4 is 5.97 Å². The van der Waals surface area contributed by atoms with Crippen LogP contribution in [0.2, 0.25) is 0 Å². The first kappa shape index (κ1) is 28.0. The zero-order chi connectivity index (χ0) is 28.2. The quantitative estimate of drug-likeness (QED) is 0.257. The Morgan fingerprint density at radius 1 is 0.897 bits per heavy atom. The number of aromatic nitrogens is 3. The van der Waals surface area contributed by atoms with Gasteiger partial charge in [0.05, 0.1) is 12.1 Å². The Labute approximate surface area is 228 Å². The highest BCUT2D eigenvalue weighted by Gasteiger charge is 2.15. The molecule has 6 nitrogen and oxygen atoms in total. The zero-order valence-electron chi connectivity index (χ0n) is 23.1. The molecular weight excluding hydrogens is 493 g/mol. The molecule has 0 fully saturated rings. The number of carbonyl (C=O) groups is 1. The van der Waals surface area contributed by atoms with E-state index in [1.165, 1.54) is 11.6 Å². The minimum absolute atomic E-state index is 0.0764. The van der Waals surface area contributed by atoms with Crippen molar-refractivity contribution in [2.24, 2.45) is 0 Å². The maximum Gasteiger partial charge on any atom is 0.346 e. The van der Waals surface area contributed by atoms with Crippen molar-refractivity contribution in [3.05, 3.63) is 111 Å². The van der Waals surface area contributed by atoms with Crippen LogP contribution >= 0.6 is 0 Å². The van der Waals surface area contributed by atoms with Crippen molar-refractivity contribution in [3.8, 4) is 11.1 Å². The first-order valence-electron chi connectivity index (χ1n) is 13.4. The summed E-state index contributed by atoms with van der Waals surface area (Å²) in [5.74, 6) is -0.288. The maximum absolute atomic E-state index is 13.2. The maximum atomic E-state index is 13.2. The molecule has 4 rings (SSSR count). The lowest BCUT2D eigenvalue weighted by molar-refractivity contribution is 0.0696. The van der Waals surface area contributed by atoms with Crippen LogP contribution in [0.15, 0.2) is 71.5 Å². The molecule has 0 aliphatic heterocycles. The highest BCUT2D eigenvalue weighted by molar-refractivity contribution is 5.89. The molecule has 0 aliphatic rings. The number of rotatable bonds is 10. The molecule has 204 valence electrons. The van der Waals surface area contributed by atoms with Crippen molar-refractivity contribution in [3.63, 3.8) is 0 Å². The standard InChI is InChI=1S/C32H36FN3O3/c1-5-35-29(34-36(31(35)39)21-23-11-15-28(16-12-23)32(2,3)4)8-6-7-22-9-13-25(14-10-22)26-17-24(20-33)18-27(19-26)30(37)38/h9-19H,5-8,20-21H2,1-4H3,(H,37,38). The van der Waals surface area contributed by atoms with E-state index >= 15 is 0 Å². The minimum Gasteiger partial charge on any atom is -0.478 e. The molecule has 1 aromatic heterocycles. The van der Waals surface area contributed by atoms with E-state index in [9.17, 15) is 19.1 Å². The number of aryl methyl sites for hydroxylation is 2. The summed E-state index contributed by atoms with van der Waals surface area (Å²) >= 11 is 0. The molecule has 7 heteroatoms. The van der Waals surface area contributed by atoms with Crippen LogP contribution in [0.4, 0.5) is 4.39 Å². The number of hydrogen-bond donors (Lipinski definition) is 1. The van der Waals surface area contributed by atoms with Gasteiger partial charge in [-0.25, -0.2) is 18.7 Å². The molecule has 0 saturated carbocycles. The van der Waals surface area contributed by atoms with Crippen LogP contribution in [-0.2, 0) is 38.0 Å². The number of carboxylic acid groups (broad SMARTS) is 1. The topological polar surface area (TPSA) is 77.1 Å². The number of carboxylic acids is 1. The summed E-state index contributed by atoms with van der Waals surface area (Å²) in [7, 11) is 0. The summed E-state index contributed by atoms with van der Waals surface area (Å²) in [5, 5.41) is 14.0. The molecule has 0 atom stereocenters. The van der Waals surface area contributed by atoms with Crippen LogP contribution in [0.3, 0.4) is 0 Å². The molecule has 0 aliphatic carbocycles. The van der Waals surface area contributed by atoms with Crippen LogP contribution in [-0.4, -0.2) is 25.4 Å². The van der Waals surface area contributed by atoms with Crippen LogP contribution in [0.5, 0.6) is 0 Å². The lowest BCUT2D eigenvalue weighted by Gasteiger charge is -2.19. The van der Waals surface area contributed by atoms with E-state index in [2.05, 4.69) is 50.1 Å². The third kappa shape index (κ3) is 6.72. The molecule has 0 unspecified atom stereocenters. The van der Waals surface area contributed by atoms with Gasteiger partial charge in [-0.15, -0.1) is 0 Å². The molecule has 0 bridgehead atoms. The van der Waals surface area contributed by atoms with Gasteiger partial charge in [0.1, 0.15) is 12.5 Å². The molecule has 0 radical (unpaired) electrons. The van der Waals surface area contributed by atoms with Gasteiger partial charge >= 0.3 is 11.7 Å². The first-order chi connectivity index (χ1) is 18.6. The number of aromatic carboxylic acids is 1. The molecule has 1 heterocycles. The molecule has 39 heavy (non-hydrogen) atoms. The monoisotopic (exact) mass is 529 g/mol. The Morgan fingerprint density at radius 2 is 1.56 bits per heavy atom. The van der Waals surface area contributed by atoms with Gasteiger partial charge in [0.15, 0.2) is 0 Å². The molecule has 0 saturated heterocycles. The fourth-order valence-electron chi connectivity index (χ4n) is 4.75. The van der Waals surface area contributed by atoms with Gasteiger partial charge in [-0.3, -0.25) is 4.57 Å². The molecule has 0 spiro atoms. The van der Waals surface area contributed by atoms with E-state index in [1.807, 2.05) is 31.2 Å². The van der Waals surface area contributed by atoms with Crippen molar-refractivity contribution in [2.45, 2.75) is 72.1 Å². The second kappa shape index (κ2) is 11.8. The van der Waals surface area contributed by atoms with Crippen molar-refractivity contribution in [1.82, 2.24) is 14.3 Å². The number of halogens is 1. The summed E-state index contributed by atoms with van der Waals surface area (Å²) in [4.78, 5) is 24.4.